The van der Waals surface area contributed by atoms with Crippen molar-refractivity contribution in [3.05, 3.63) is 58.4 Å². The molecular formula is C16H12BrFN2O. The molecule has 106 valence electrons. The number of halogens is 2. The minimum atomic E-state index is -0.530. The van der Waals surface area contributed by atoms with Gasteiger partial charge in [-0.05, 0) is 36.8 Å². The van der Waals surface area contributed by atoms with Crippen LogP contribution in [-0.2, 0) is 0 Å². The summed E-state index contributed by atoms with van der Waals surface area (Å²) in [6, 6.07) is 10.4. The molecule has 3 aromatic rings. The van der Waals surface area contributed by atoms with E-state index in [1.807, 2.05) is 19.1 Å². The van der Waals surface area contributed by atoms with E-state index in [-0.39, 0.29) is 5.75 Å². The third kappa shape index (κ3) is 2.56. The Balaban J connectivity index is 2.19. The Bertz CT molecular complexity index is 836. The zero-order valence-electron chi connectivity index (χ0n) is 11.2. The number of aryl methyl sites for hydroxylation is 1. The molecule has 0 aliphatic carbocycles. The Morgan fingerprint density at radius 3 is 2.86 bits per heavy atom. The number of benzene rings is 2. The van der Waals surface area contributed by atoms with Crippen molar-refractivity contribution < 1.29 is 9.13 Å². The highest BCUT2D eigenvalue weighted by Crippen LogP contribution is 2.36. The van der Waals surface area contributed by atoms with Crippen LogP contribution >= 0.6 is 15.9 Å². The predicted molar refractivity (Wildman–Crippen MR) is 85.1 cm³/mol. The Hall–Kier alpha value is -2.14. The average Bonchev–Trinajstić information content (AvgIpc) is 2.47. The van der Waals surface area contributed by atoms with E-state index in [9.17, 15) is 4.39 Å². The SMILES string of the molecule is Cc1ccc(Br)cc1Oc1c(F)cc(N)c2cccnc12. The summed E-state index contributed by atoms with van der Waals surface area (Å²) in [5.41, 5.74) is 7.48. The van der Waals surface area contributed by atoms with Gasteiger partial charge in [0.1, 0.15) is 11.3 Å². The highest BCUT2D eigenvalue weighted by molar-refractivity contribution is 9.10. The minimum Gasteiger partial charge on any atom is -0.452 e. The molecule has 1 heterocycles. The lowest BCUT2D eigenvalue weighted by molar-refractivity contribution is 0.444. The number of nitrogens with two attached hydrogens (primary N) is 1. The summed E-state index contributed by atoms with van der Waals surface area (Å²) in [6.07, 6.45) is 1.59. The molecule has 0 bridgehead atoms. The molecule has 0 radical (unpaired) electrons. The van der Waals surface area contributed by atoms with Crippen LogP contribution < -0.4 is 10.5 Å². The summed E-state index contributed by atoms with van der Waals surface area (Å²) in [7, 11) is 0. The number of hydrogen-bond acceptors (Lipinski definition) is 3. The highest BCUT2D eigenvalue weighted by atomic mass is 79.9. The number of nitrogen functional groups attached to an aromatic ring is 1. The van der Waals surface area contributed by atoms with Crippen molar-refractivity contribution in [3.8, 4) is 11.5 Å². The molecule has 1 aromatic heterocycles. The van der Waals surface area contributed by atoms with Crippen molar-refractivity contribution in [1.29, 1.82) is 0 Å². The second kappa shape index (κ2) is 5.33. The molecule has 21 heavy (non-hydrogen) atoms. The van der Waals surface area contributed by atoms with Crippen LogP contribution in [0.3, 0.4) is 0 Å². The summed E-state index contributed by atoms with van der Waals surface area (Å²) >= 11 is 3.38. The van der Waals surface area contributed by atoms with Gasteiger partial charge in [-0.25, -0.2) is 4.39 Å². The number of anilines is 1. The standard InChI is InChI=1S/C16H12BrFN2O/c1-9-4-5-10(17)7-14(9)21-16-12(18)8-13(19)11-3-2-6-20-15(11)16/h2-8H,19H2,1H3. The maximum Gasteiger partial charge on any atom is 0.189 e. The number of fused-ring (bicyclic) bond motifs is 1. The smallest absolute Gasteiger partial charge is 0.189 e. The van der Waals surface area contributed by atoms with Gasteiger partial charge >= 0.3 is 0 Å². The fourth-order valence-corrected chi connectivity index (χ4v) is 2.44. The van der Waals surface area contributed by atoms with E-state index in [2.05, 4.69) is 20.9 Å². The maximum absolute atomic E-state index is 14.2. The summed E-state index contributed by atoms with van der Waals surface area (Å²) in [5.74, 6) is 0.124. The number of pyridine rings is 1. The number of rotatable bonds is 2. The molecule has 3 rings (SSSR count). The van der Waals surface area contributed by atoms with Crippen LogP contribution in [-0.4, -0.2) is 4.98 Å². The third-order valence-corrected chi connectivity index (χ3v) is 3.69. The Morgan fingerprint density at radius 1 is 1.24 bits per heavy atom. The monoisotopic (exact) mass is 346 g/mol. The molecule has 0 aliphatic heterocycles. The van der Waals surface area contributed by atoms with Crippen LogP contribution in [0, 0.1) is 12.7 Å². The molecule has 0 atom stereocenters. The normalized spacial score (nSPS) is 10.8. The maximum atomic E-state index is 14.2. The fraction of sp³-hybridized carbons (Fsp3) is 0.0625. The van der Waals surface area contributed by atoms with Gasteiger partial charge in [0.25, 0.3) is 0 Å². The van der Waals surface area contributed by atoms with Gasteiger partial charge in [0, 0.05) is 27.8 Å². The molecule has 5 heteroatoms. The van der Waals surface area contributed by atoms with Crippen LogP contribution in [0.15, 0.2) is 47.1 Å². The first-order valence-electron chi connectivity index (χ1n) is 6.33. The molecule has 3 nitrogen and oxygen atoms in total. The molecular weight excluding hydrogens is 335 g/mol. The molecule has 0 spiro atoms. The molecule has 0 saturated heterocycles. The molecule has 0 saturated carbocycles. The van der Waals surface area contributed by atoms with E-state index in [1.165, 1.54) is 6.07 Å². The molecule has 2 aromatic carbocycles. The largest absolute Gasteiger partial charge is 0.452 e. The second-order valence-corrected chi connectivity index (χ2v) is 5.60. The molecule has 0 aliphatic rings. The van der Waals surface area contributed by atoms with E-state index in [0.717, 1.165) is 10.0 Å². The number of nitrogens with zero attached hydrogens (tertiary/aromatic N) is 1. The average molecular weight is 347 g/mol. The second-order valence-electron chi connectivity index (χ2n) is 4.69. The van der Waals surface area contributed by atoms with Crippen LogP contribution in [0.2, 0.25) is 0 Å². The van der Waals surface area contributed by atoms with Crippen LogP contribution in [0.1, 0.15) is 5.56 Å². The topological polar surface area (TPSA) is 48.1 Å². The summed E-state index contributed by atoms with van der Waals surface area (Å²) in [6.45, 7) is 1.90. The zero-order valence-corrected chi connectivity index (χ0v) is 12.8. The third-order valence-electron chi connectivity index (χ3n) is 3.20. The van der Waals surface area contributed by atoms with Gasteiger partial charge in [0.15, 0.2) is 11.6 Å². The quantitative estimate of drug-likeness (QED) is 0.676. The van der Waals surface area contributed by atoms with Crippen molar-refractivity contribution in [2.45, 2.75) is 6.92 Å². The van der Waals surface area contributed by atoms with Crippen molar-refractivity contribution in [1.82, 2.24) is 4.98 Å². The van der Waals surface area contributed by atoms with Gasteiger partial charge in [-0.15, -0.1) is 0 Å². The lowest BCUT2D eigenvalue weighted by Crippen LogP contribution is -1.97. The van der Waals surface area contributed by atoms with Crippen LogP contribution in [0.4, 0.5) is 10.1 Å². The van der Waals surface area contributed by atoms with Crippen molar-refractivity contribution in [3.63, 3.8) is 0 Å². The van der Waals surface area contributed by atoms with E-state index >= 15 is 0 Å². The van der Waals surface area contributed by atoms with Gasteiger partial charge < -0.3 is 10.5 Å². The molecule has 2 N–H and O–H groups in total. The van der Waals surface area contributed by atoms with Crippen molar-refractivity contribution >= 4 is 32.5 Å². The fourth-order valence-electron chi connectivity index (χ4n) is 2.10. The van der Waals surface area contributed by atoms with Gasteiger partial charge in [-0.3, -0.25) is 4.98 Å². The van der Waals surface area contributed by atoms with Gasteiger partial charge in [0.05, 0.1) is 0 Å². The van der Waals surface area contributed by atoms with Gasteiger partial charge in [-0.2, -0.15) is 0 Å². The summed E-state index contributed by atoms with van der Waals surface area (Å²) in [5, 5.41) is 0.668. The van der Waals surface area contributed by atoms with Crippen molar-refractivity contribution in [2.75, 3.05) is 5.73 Å². The van der Waals surface area contributed by atoms with E-state index in [4.69, 9.17) is 10.5 Å². The Morgan fingerprint density at radius 2 is 2.05 bits per heavy atom. The zero-order chi connectivity index (χ0) is 15.0. The van der Waals surface area contributed by atoms with Crippen molar-refractivity contribution in [2.24, 2.45) is 0 Å². The van der Waals surface area contributed by atoms with Gasteiger partial charge in [-0.1, -0.05) is 22.0 Å². The predicted octanol–water partition coefficient (Wildman–Crippen LogP) is 4.82. The van der Waals surface area contributed by atoms with E-state index in [0.29, 0.717) is 22.3 Å². The Labute approximate surface area is 129 Å². The highest BCUT2D eigenvalue weighted by Gasteiger charge is 2.15. The number of ether oxygens (including phenoxy) is 1. The lowest BCUT2D eigenvalue weighted by Gasteiger charge is -2.13. The first-order chi connectivity index (χ1) is 10.1. The Kier molecular flexibility index (Phi) is 3.51. The summed E-state index contributed by atoms with van der Waals surface area (Å²) < 4.78 is 20.9. The van der Waals surface area contributed by atoms with Crippen LogP contribution in [0.25, 0.3) is 10.9 Å². The van der Waals surface area contributed by atoms with Crippen LogP contribution in [0.5, 0.6) is 11.5 Å². The first kappa shape index (κ1) is 13.8. The summed E-state index contributed by atoms with van der Waals surface area (Å²) in [4.78, 5) is 4.19. The molecule has 0 amide bonds. The van der Waals surface area contributed by atoms with E-state index in [1.54, 1.807) is 24.4 Å². The first-order valence-corrected chi connectivity index (χ1v) is 7.12. The minimum absolute atomic E-state index is 0.0843. The number of hydrogen-bond donors (Lipinski definition) is 1. The van der Waals surface area contributed by atoms with Gasteiger partial charge in [0.2, 0.25) is 0 Å². The molecule has 0 unspecified atom stereocenters. The van der Waals surface area contributed by atoms with E-state index < -0.39 is 5.82 Å². The molecule has 0 fully saturated rings. The lowest BCUT2D eigenvalue weighted by atomic mass is 10.1. The number of aromatic nitrogens is 1.